The van der Waals surface area contributed by atoms with Gasteiger partial charge in [0.15, 0.2) is 0 Å². The van der Waals surface area contributed by atoms with Crippen molar-refractivity contribution in [3.05, 3.63) is 44.0 Å². The van der Waals surface area contributed by atoms with Crippen LogP contribution in [0.3, 0.4) is 0 Å². The molecule has 0 aliphatic carbocycles. The number of amides is 1. The molecule has 3 rings (SSSR count). The third-order valence-corrected chi connectivity index (χ3v) is 5.35. The minimum Gasteiger partial charge on any atom is -0.481 e. The Kier molecular flexibility index (Phi) is 6.91. The Balaban J connectivity index is 1.64. The number of nitrogen functional groups attached to an aromatic ring is 1. The number of fused-ring (bicyclic) bond motifs is 1. The van der Waals surface area contributed by atoms with Crippen molar-refractivity contribution in [2.24, 2.45) is 0 Å². The Bertz CT molecular complexity index is 1300. The number of nitrogens with one attached hydrogen (secondary N) is 3. The number of aliphatic carboxylic acids is 2. The number of aromatic nitrogens is 3. The van der Waals surface area contributed by atoms with Crippen LogP contribution in [-0.4, -0.2) is 49.1 Å². The second-order valence-corrected chi connectivity index (χ2v) is 7.69. The molecular formula is C20H19N5O6S. The Hall–Kier alpha value is -4.11. The molecule has 0 saturated heterocycles. The lowest BCUT2D eigenvalue weighted by atomic mass is 10.1. The van der Waals surface area contributed by atoms with Crippen LogP contribution in [0.2, 0.25) is 0 Å². The van der Waals surface area contributed by atoms with Gasteiger partial charge in [-0.05, 0) is 30.4 Å². The zero-order valence-electron chi connectivity index (χ0n) is 16.6. The standard InChI is InChI=1S/C20H19N5O6S/c21-20-24-16-12(17(28)25-20)9-11(22-16)4-2-1-3-10-7-8-32-15(10)18(29)23-13(19(30)31)5-6-14(26)27/h7-9,13H,2,4-6H2,(H,23,29)(H,26,27)(H,30,31)(H4,21,22,24,25,28)/t13-/m0/s1. The van der Waals surface area contributed by atoms with Crippen molar-refractivity contribution in [2.75, 3.05) is 5.73 Å². The molecule has 0 aromatic carbocycles. The van der Waals surface area contributed by atoms with Gasteiger partial charge in [-0.25, -0.2) is 4.79 Å². The normalized spacial score (nSPS) is 11.5. The average Bonchev–Trinajstić information content (AvgIpc) is 3.34. The fourth-order valence-corrected chi connectivity index (χ4v) is 3.67. The number of rotatable bonds is 8. The zero-order chi connectivity index (χ0) is 23.3. The number of carboxylic acids is 2. The Morgan fingerprint density at radius 1 is 1.28 bits per heavy atom. The number of aromatic amines is 2. The van der Waals surface area contributed by atoms with Gasteiger partial charge in [0.25, 0.3) is 11.5 Å². The predicted octanol–water partition coefficient (Wildman–Crippen LogP) is 0.927. The minimum atomic E-state index is -1.31. The topological polar surface area (TPSA) is 191 Å². The number of hydrogen-bond acceptors (Lipinski definition) is 7. The van der Waals surface area contributed by atoms with E-state index in [-0.39, 0.29) is 29.2 Å². The number of anilines is 1. The van der Waals surface area contributed by atoms with Gasteiger partial charge >= 0.3 is 11.9 Å². The zero-order valence-corrected chi connectivity index (χ0v) is 17.4. The first kappa shape index (κ1) is 22.6. The van der Waals surface area contributed by atoms with Gasteiger partial charge in [0.2, 0.25) is 5.95 Å². The quantitative estimate of drug-likeness (QED) is 0.269. The molecule has 0 saturated carbocycles. The van der Waals surface area contributed by atoms with Crippen molar-refractivity contribution in [3.63, 3.8) is 0 Å². The van der Waals surface area contributed by atoms with Crippen molar-refractivity contribution in [3.8, 4) is 11.8 Å². The number of hydrogen-bond donors (Lipinski definition) is 6. The van der Waals surface area contributed by atoms with Gasteiger partial charge < -0.3 is 26.2 Å². The lowest BCUT2D eigenvalue weighted by molar-refractivity contribution is -0.140. The maximum absolute atomic E-state index is 12.5. The highest BCUT2D eigenvalue weighted by atomic mass is 32.1. The first-order valence-corrected chi connectivity index (χ1v) is 10.3. The molecule has 166 valence electrons. The van der Waals surface area contributed by atoms with E-state index in [1.807, 2.05) is 0 Å². The van der Waals surface area contributed by atoms with Gasteiger partial charge in [0.05, 0.1) is 5.39 Å². The number of nitrogens with zero attached hydrogens (tertiary/aromatic N) is 1. The summed E-state index contributed by atoms with van der Waals surface area (Å²) < 4.78 is 0. The highest BCUT2D eigenvalue weighted by Gasteiger charge is 2.23. The molecule has 1 amide bonds. The molecule has 12 heteroatoms. The second-order valence-electron chi connectivity index (χ2n) is 6.77. The van der Waals surface area contributed by atoms with Crippen LogP contribution in [0.15, 0.2) is 22.3 Å². The molecule has 0 unspecified atom stereocenters. The van der Waals surface area contributed by atoms with Crippen LogP contribution in [0.4, 0.5) is 5.95 Å². The summed E-state index contributed by atoms with van der Waals surface area (Å²) in [5.74, 6) is 2.78. The van der Waals surface area contributed by atoms with Gasteiger partial charge in [0, 0.05) is 24.1 Å². The second kappa shape index (κ2) is 9.80. The third kappa shape index (κ3) is 5.52. The number of carbonyl (C=O) groups excluding carboxylic acids is 1. The summed E-state index contributed by atoms with van der Waals surface area (Å²) in [6.45, 7) is 0. The van der Waals surface area contributed by atoms with Crippen molar-refractivity contribution in [2.45, 2.75) is 31.7 Å². The van der Waals surface area contributed by atoms with Gasteiger partial charge in [0.1, 0.15) is 16.6 Å². The molecule has 0 aliphatic rings. The van der Waals surface area contributed by atoms with Crippen molar-refractivity contribution >= 4 is 46.2 Å². The van der Waals surface area contributed by atoms with Gasteiger partial charge in [-0.3, -0.25) is 19.4 Å². The molecule has 0 spiro atoms. The Labute approximate surface area is 184 Å². The van der Waals surface area contributed by atoms with Crippen LogP contribution in [-0.2, 0) is 16.0 Å². The molecule has 0 radical (unpaired) electrons. The SMILES string of the molecule is Nc1nc2[nH]c(CCC#Cc3ccsc3C(=O)N[C@@H](CCC(=O)O)C(=O)O)cc2c(=O)[nH]1. The maximum atomic E-state index is 12.5. The first-order valence-electron chi connectivity index (χ1n) is 9.44. The van der Waals surface area contributed by atoms with Crippen molar-refractivity contribution in [1.82, 2.24) is 20.3 Å². The number of carbonyl (C=O) groups is 3. The summed E-state index contributed by atoms with van der Waals surface area (Å²) in [4.78, 5) is 56.0. The van der Waals surface area contributed by atoms with E-state index in [2.05, 4.69) is 32.1 Å². The highest BCUT2D eigenvalue weighted by molar-refractivity contribution is 7.12. The molecule has 3 aromatic rings. The Morgan fingerprint density at radius 3 is 2.78 bits per heavy atom. The number of thiophene rings is 1. The highest BCUT2D eigenvalue weighted by Crippen LogP contribution is 2.17. The number of nitrogens with two attached hydrogens (primary N) is 1. The molecule has 11 nitrogen and oxygen atoms in total. The Morgan fingerprint density at radius 2 is 2.06 bits per heavy atom. The van der Waals surface area contributed by atoms with Gasteiger partial charge in [-0.1, -0.05) is 11.8 Å². The lowest BCUT2D eigenvalue weighted by Gasteiger charge is -2.12. The first-order chi connectivity index (χ1) is 15.2. The molecule has 0 bridgehead atoms. The van der Waals surface area contributed by atoms with E-state index in [1.54, 1.807) is 17.5 Å². The van der Waals surface area contributed by atoms with Crippen LogP contribution < -0.4 is 16.6 Å². The van der Waals surface area contributed by atoms with Crippen LogP contribution in [0.25, 0.3) is 11.0 Å². The molecule has 3 aromatic heterocycles. The monoisotopic (exact) mass is 457 g/mol. The van der Waals surface area contributed by atoms with E-state index in [1.165, 1.54) is 0 Å². The van der Waals surface area contributed by atoms with Crippen molar-refractivity contribution < 1.29 is 24.6 Å². The summed E-state index contributed by atoms with van der Waals surface area (Å²) in [5, 5.41) is 22.3. The molecule has 32 heavy (non-hydrogen) atoms. The molecular weight excluding hydrogens is 438 g/mol. The summed E-state index contributed by atoms with van der Waals surface area (Å²) in [6, 6.07) is 2.01. The smallest absolute Gasteiger partial charge is 0.326 e. The minimum absolute atomic E-state index is 0.0204. The van der Waals surface area contributed by atoms with Crippen molar-refractivity contribution in [1.29, 1.82) is 0 Å². The molecule has 0 fully saturated rings. The average molecular weight is 457 g/mol. The summed E-state index contributed by atoms with van der Waals surface area (Å²) in [7, 11) is 0. The summed E-state index contributed by atoms with van der Waals surface area (Å²) >= 11 is 1.11. The fraction of sp³-hybridized carbons (Fsp3) is 0.250. The van der Waals surface area contributed by atoms with Crippen LogP contribution in [0.1, 0.15) is 40.2 Å². The maximum Gasteiger partial charge on any atom is 0.326 e. The molecule has 3 heterocycles. The number of aryl methyl sites for hydroxylation is 1. The lowest BCUT2D eigenvalue weighted by Crippen LogP contribution is -2.41. The van der Waals surface area contributed by atoms with Gasteiger partial charge in [-0.15, -0.1) is 11.3 Å². The third-order valence-electron chi connectivity index (χ3n) is 4.44. The van der Waals surface area contributed by atoms with E-state index in [0.29, 0.717) is 29.4 Å². The van der Waals surface area contributed by atoms with Crippen LogP contribution in [0.5, 0.6) is 0 Å². The van der Waals surface area contributed by atoms with E-state index in [0.717, 1.165) is 17.0 Å². The molecule has 0 aliphatic heterocycles. The van der Waals surface area contributed by atoms with Crippen LogP contribution >= 0.6 is 11.3 Å². The van der Waals surface area contributed by atoms with E-state index in [9.17, 15) is 24.3 Å². The summed E-state index contributed by atoms with van der Waals surface area (Å²) in [6.07, 6.45) is 0.324. The molecule has 7 N–H and O–H groups in total. The summed E-state index contributed by atoms with van der Waals surface area (Å²) in [5.41, 5.74) is 6.78. The van der Waals surface area contributed by atoms with E-state index in [4.69, 9.17) is 10.8 Å². The molecule has 1 atom stereocenters. The number of H-pyrrole nitrogens is 2. The van der Waals surface area contributed by atoms with Crippen LogP contribution in [0, 0.1) is 11.8 Å². The number of carboxylic acid groups (broad SMARTS) is 2. The van der Waals surface area contributed by atoms with E-state index < -0.39 is 23.9 Å². The predicted molar refractivity (Wildman–Crippen MR) is 116 cm³/mol. The van der Waals surface area contributed by atoms with E-state index >= 15 is 0 Å². The van der Waals surface area contributed by atoms with Gasteiger partial charge in [-0.2, -0.15) is 4.98 Å². The largest absolute Gasteiger partial charge is 0.481 e. The fourth-order valence-electron chi connectivity index (χ4n) is 2.91.